The summed E-state index contributed by atoms with van der Waals surface area (Å²) in [4.78, 5) is 22.7. The Morgan fingerprint density at radius 2 is 1.96 bits per heavy atom. The SMILES string of the molecule is N#CC(=Cc1ccc(OCC(=O)O)c(Br)c1)C(=O)Nc1ccccc1. The zero-order valence-corrected chi connectivity index (χ0v) is 14.5. The summed E-state index contributed by atoms with van der Waals surface area (Å²) in [6.45, 7) is -0.462. The van der Waals surface area contributed by atoms with Gasteiger partial charge in [0.1, 0.15) is 17.4 Å². The minimum atomic E-state index is -1.08. The van der Waals surface area contributed by atoms with Crippen LogP contribution in [0, 0.1) is 11.3 Å². The van der Waals surface area contributed by atoms with Gasteiger partial charge in [-0.25, -0.2) is 4.79 Å². The van der Waals surface area contributed by atoms with E-state index >= 15 is 0 Å². The predicted molar refractivity (Wildman–Crippen MR) is 95.9 cm³/mol. The molecule has 0 aromatic heterocycles. The molecule has 6 nitrogen and oxygen atoms in total. The number of hydrogen-bond donors (Lipinski definition) is 2. The van der Waals surface area contributed by atoms with Crippen LogP contribution in [0.5, 0.6) is 5.75 Å². The average Bonchev–Trinajstić information content (AvgIpc) is 2.59. The van der Waals surface area contributed by atoms with Crippen LogP contribution in [0.15, 0.2) is 58.6 Å². The summed E-state index contributed by atoms with van der Waals surface area (Å²) in [6, 6.07) is 15.5. The number of hydrogen-bond acceptors (Lipinski definition) is 4. The Morgan fingerprint density at radius 1 is 1.24 bits per heavy atom. The predicted octanol–water partition coefficient (Wildman–Crippen LogP) is 3.46. The van der Waals surface area contributed by atoms with Crippen LogP contribution in [0.3, 0.4) is 0 Å². The van der Waals surface area contributed by atoms with E-state index in [1.807, 2.05) is 12.1 Å². The number of carboxylic acids is 1. The van der Waals surface area contributed by atoms with Crippen LogP contribution in [0.25, 0.3) is 6.08 Å². The first-order valence-electron chi connectivity index (χ1n) is 7.12. The Morgan fingerprint density at radius 3 is 2.56 bits per heavy atom. The molecule has 7 heteroatoms. The second-order valence-corrected chi connectivity index (χ2v) is 5.72. The number of amides is 1. The molecule has 25 heavy (non-hydrogen) atoms. The van der Waals surface area contributed by atoms with Crippen molar-refractivity contribution in [3.05, 3.63) is 64.1 Å². The van der Waals surface area contributed by atoms with E-state index in [-0.39, 0.29) is 5.57 Å². The van der Waals surface area contributed by atoms with Gasteiger partial charge in [0.15, 0.2) is 6.61 Å². The van der Waals surface area contributed by atoms with E-state index in [9.17, 15) is 14.9 Å². The van der Waals surface area contributed by atoms with E-state index in [1.54, 1.807) is 42.5 Å². The molecule has 0 bridgehead atoms. The van der Waals surface area contributed by atoms with Crippen LogP contribution in [-0.2, 0) is 9.59 Å². The minimum Gasteiger partial charge on any atom is -0.481 e. The van der Waals surface area contributed by atoms with Crippen LogP contribution in [0.1, 0.15) is 5.56 Å². The van der Waals surface area contributed by atoms with Crippen molar-refractivity contribution < 1.29 is 19.4 Å². The Labute approximate surface area is 152 Å². The third kappa shape index (κ3) is 5.48. The molecule has 0 aliphatic carbocycles. The van der Waals surface area contributed by atoms with Crippen molar-refractivity contribution in [1.29, 1.82) is 5.26 Å². The first-order chi connectivity index (χ1) is 12.0. The van der Waals surface area contributed by atoms with Crippen molar-refractivity contribution in [2.24, 2.45) is 0 Å². The highest BCUT2D eigenvalue weighted by molar-refractivity contribution is 9.10. The lowest BCUT2D eigenvalue weighted by atomic mass is 10.1. The Balaban J connectivity index is 2.16. The normalized spacial score (nSPS) is 10.6. The number of carboxylic acid groups (broad SMARTS) is 1. The average molecular weight is 401 g/mol. The smallest absolute Gasteiger partial charge is 0.341 e. The molecule has 2 aromatic carbocycles. The number of nitriles is 1. The number of anilines is 1. The van der Waals surface area contributed by atoms with E-state index in [0.717, 1.165) is 0 Å². The Bertz CT molecular complexity index is 857. The molecule has 0 spiro atoms. The molecule has 0 heterocycles. The first kappa shape index (κ1) is 18.2. The van der Waals surface area contributed by atoms with Crippen LogP contribution < -0.4 is 10.1 Å². The largest absolute Gasteiger partial charge is 0.481 e. The number of para-hydroxylation sites is 1. The lowest BCUT2D eigenvalue weighted by Crippen LogP contribution is -2.13. The van der Waals surface area contributed by atoms with Crippen molar-refractivity contribution in [3.8, 4) is 11.8 Å². The number of ether oxygens (including phenoxy) is 1. The molecule has 0 aliphatic heterocycles. The van der Waals surface area contributed by atoms with Crippen LogP contribution in [-0.4, -0.2) is 23.6 Å². The Kier molecular flexibility index (Phi) is 6.32. The lowest BCUT2D eigenvalue weighted by molar-refractivity contribution is -0.139. The van der Waals surface area contributed by atoms with Gasteiger partial charge < -0.3 is 15.2 Å². The van der Waals surface area contributed by atoms with Crippen LogP contribution in [0.2, 0.25) is 0 Å². The van der Waals surface area contributed by atoms with E-state index in [0.29, 0.717) is 21.5 Å². The molecule has 0 aliphatic rings. The lowest BCUT2D eigenvalue weighted by Gasteiger charge is -2.07. The van der Waals surface area contributed by atoms with Gasteiger partial charge in [0.05, 0.1) is 4.47 Å². The highest BCUT2D eigenvalue weighted by atomic mass is 79.9. The zero-order chi connectivity index (χ0) is 18.2. The van der Waals surface area contributed by atoms with Gasteiger partial charge in [-0.3, -0.25) is 4.79 Å². The molecule has 2 aromatic rings. The maximum absolute atomic E-state index is 12.2. The topological polar surface area (TPSA) is 99.4 Å². The zero-order valence-electron chi connectivity index (χ0n) is 12.9. The van der Waals surface area contributed by atoms with Crippen molar-refractivity contribution in [1.82, 2.24) is 0 Å². The van der Waals surface area contributed by atoms with E-state index in [2.05, 4.69) is 21.2 Å². The molecule has 1 amide bonds. The van der Waals surface area contributed by atoms with E-state index in [1.165, 1.54) is 6.08 Å². The van der Waals surface area contributed by atoms with E-state index < -0.39 is 18.5 Å². The van der Waals surface area contributed by atoms with Gasteiger partial charge in [-0.05, 0) is 51.8 Å². The summed E-state index contributed by atoms with van der Waals surface area (Å²) in [6.07, 6.45) is 1.43. The fourth-order valence-corrected chi connectivity index (χ4v) is 2.41. The standard InChI is InChI=1S/C18H13BrN2O4/c19-15-9-12(6-7-16(15)25-11-17(22)23)8-13(10-20)18(24)21-14-4-2-1-3-5-14/h1-9H,11H2,(H,21,24)(H,22,23). The van der Waals surface area contributed by atoms with Crippen LogP contribution in [0.4, 0.5) is 5.69 Å². The third-order valence-corrected chi connectivity index (χ3v) is 3.63. The second kappa shape index (κ2) is 8.66. The third-order valence-electron chi connectivity index (χ3n) is 3.01. The number of nitrogens with zero attached hydrogens (tertiary/aromatic N) is 1. The fraction of sp³-hybridized carbons (Fsp3) is 0.0556. The summed E-state index contributed by atoms with van der Waals surface area (Å²) < 4.78 is 5.62. The number of benzene rings is 2. The molecule has 2 N–H and O–H groups in total. The molecule has 0 fully saturated rings. The molecule has 0 atom stereocenters. The highest BCUT2D eigenvalue weighted by Crippen LogP contribution is 2.27. The number of carbonyl (C=O) groups is 2. The number of rotatable bonds is 6. The van der Waals surface area contributed by atoms with Crippen molar-refractivity contribution in [2.75, 3.05) is 11.9 Å². The number of nitrogens with one attached hydrogen (secondary N) is 1. The van der Waals surface area contributed by atoms with Gasteiger partial charge in [-0.15, -0.1) is 0 Å². The Hall–Kier alpha value is -3.11. The summed E-state index contributed by atoms with van der Waals surface area (Å²) in [5.41, 5.74) is 1.12. The van der Waals surface area contributed by atoms with Gasteiger partial charge in [-0.1, -0.05) is 24.3 Å². The molecule has 126 valence electrons. The van der Waals surface area contributed by atoms with Gasteiger partial charge in [0.2, 0.25) is 0 Å². The highest BCUT2D eigenvalue weighted by Gasteiger charge is 2.10. The summed E-state index contributed by atoms with van der Waals surface area (Å²) in [7, 11) is 0. The van der Waals surface area contributed by atoms with Crippen molar-refractivity contribution >= 4 is 39.6 Å². The fourth-order valence-electron chi connectivity index (χ4n) is 1.90. The molecular weight excluding hydrogens is 388 g/mol. The quantitative estimate of drug-likeness (QED) is 0.571. The summed E-state index contributed by atoms with van der Waals surface area (Å²) in [5, 5.41) is 20.5. The number of aliphatic carboxylic acids is 1. The van der Waals surface area contributed by atoms with Crippen LogP contribution >= 0.6 is 15.9 Å². The molecular formula is C18H13BrN2O4. The summed E-state index contributed by atoms with van der Waals surface area (Å²) in [5.74, 6) is -1.25. The molecule has 0 radical (unpaired) electrons. The van der Waals surface area contributed by atoms with Gasteiger partial charge in [0.25, 0.3) is 5.91 Å². The molecule has 2 rings (SSSR count). The van der Waals surface area contributed by atoms with Crippen molar-refractivity contribution in [3.63, 3.8) is 0 Å². The van der Waals surface area contributed by atoms with Crippen molar-refractivity contribution in [2.45, 2.75) is 0 Å². The molecule has 0 unspecified atom stereocenters. The minimum absolute atomic E-state index is 0.0602. The number of carbonyl (C=O) groups excluding carboxylic acids is 1. The van der Waals surface area contributed by atoms with E-state index in [4.69, 9.17) is 9.84 Å². The molecule has 0 saturated heterocycles. The second-order valence-electron chi connectivity index (χ2n) is 4.86. The van der Waals surface area contributed by atoms with Gasteiger partial charge in [-0.2, -0.15) is 5.26 Å². The summed E-state index contributed by atoms with van der Waals surface area (Å²) >= 11 is 3.27. The number of halogens is 1. The maximum atomic E-state index is 12.2. The molecule has 0 saturated carbocycles. The maximum Gasteiger partial charge on any atom is 0.341 e. The monoisotopic (exact) mass is 400 g/mol. The first-order valence-corrected chi connectivity index (χ1v) is 7.91. The van der Waals surface area contributed by atoms with Gasteiger partial charge >= 0.3 is 5.97 Å². The van der Waals surface area contributed by atoms with Gasteiger partial charge in [0, 0.05) is 5.69 Å².